The molecule has 2 heterocycles. The lowest BCUT2D eigenvalue weighted by Gasteiger charge is -2.60. The Morgan fingerprint density at radius 1 is 1.34 bits per heavy atom. The quantitative estimate of drug-likeness (QED) is 0.666. The summed E-state index contributed by atoms with van der Waals surface area (Å²) in [5.41, 5.74) is 1.84. The van der Waals surface area contributed by atoms with E-state index in [0.717, 1.165) is 31.4 Å². The van der Waals surface area contributed by atoms with Gasteiger partial charge in [-0.3, -0.25) is 14.3 Å². The van der Waals surface area contributed by atoms with Gasteiger partial charge in [0.2, 0.25) is 5.78 Å². The number of carbonyl (C=O) groups excluding carboxylic acids is 2. The van der Waals surface area contributed by atoms with Gasteiger partial charge >= 0.3 is 5.97 Å². The third-order valence-corrected chi connectivity index (χ3v) is 10.1. The van der Waals surface area contributed by atoms with E-state index in [0.29, 0.717) is 12.3 Å². The Bertz CT molecular complexity index is 1190. The van der Waals surface area contributed by atoms with Crippen molar-refractivity contribution in [2.75, 3.05) is 6.61 Å². The van der Waals surface area contributed by atoms with Gasteiger partial charge in [0.05, 0.1) is 11.8 Å². The van der Waals surface area contributed by atoms with E-state index in [9.17, 15) is 14.7 Å². The number of rotatable bonds is 3. The highest BCUT2D eigenvalue weighted by Crippen LogP contribution is 2.69. The second-order valence-electron chi connectivity index (χ2n) is 11.9. The summed E-state index contributed by atoms with van der Waals surface area (Å²) in [6.45, 7) is 7.20. The smallest absolute Gasteiger partial charge is 0.303 e. The summed E-state index contributed by atoms with van der Waals surface area (Å²) in [7, 11) is 1.96. The van der Waals surface area contributed by atoms with Crippen LogP contribution in [-0.4, -0.2) is 56.9 Å². The highest BCUT2D eigenvalue weighted by atomic mass is 16.5. The molecule has 3 fully saturated rings. The Kier molecular flexibility index (Phi) is 4.77. The number of esters is 1. The fraction of sp³-hybridized carbons (Fsp3) is 0.704. The molecule has 0 aromatic carbocycles. The molecule has 0 amide bonds. The standard InChI is InChI=1S/C27H35N3O5/c1-14-28-27(22(33)13-34-15(2)31)23(35-14)9-19-18-7-6-17-8-20-16(12-30(5)29-20)10-25(17,3)24(18)21(32)11-26(19,27)4/h8,12,18-19,21,23-24,32H,6-7,9-11,13H2,1-5H3/t18-,19-,21-,23+,24+,25-,26-,27+/m0/s1. The number of aryl methyl sites for hydroxylation is 1. The van der Waals surface area contributed by atoms with Crippen molar-refractivity contribution < 1.29 is 24.2 Å². The second-order valence-corrected chi connectivity index (χ2v) is 11.9. The SMILES string of the molecule is CC(=O)OCC(=O)[C@@]12N=C(C)O[C@@H]1C[C@H]1[C@@H]3CCC4=Cc5nn(C)cc5C[C@]4(C)[C@H]3[C@@H](O)C[C@@]12C. The van der Waals surface area contributed by atoms with Crippen LogP contribution in [0.5, 0.6) is 0 Å². The van der Waals surface area contributed by atoms with Gasteiger partial charge in [-0.15, -0.1) is 0 Å². The zero-order valence-electron chi connectivity index (χ0n) is 21.2. The van der Waals surface area contributed by atoms with Gasteiger partial charge in [-0.25, -0.2) is 4.99 Å². The van der Waals surface area contributed by atoms with Crippen LogP contribution in [0, 0.1) is 28.6 Å². The van der Waals surface area contributed by atoms with Gasteiger partial charge in [0, 0.05) is 32.5 Å². The van der Waals surface area contributed by atoms with E-state index >= 15 is 0 Å². The molecule has 8 heteroatoms. The van der Waals surface area contributed by atoms with Crippen LogP contribution in [0.15, 0.2) is 16.8 Å². The lowest BCUT2D eigenvalue weighted by atomic mass is 9.45. The fourth-order valence-electron chi connectivity index (χ4n) is 8.96. The molecule has 35 heavy (non-hydrogen) atoms. The number of Topliss-reactive ketones (excluding diaryl/α,β-unsaturated/α-hetero) is 1. The van der Waals surface area contributed by atoms with Gasteiger partial charge in [0.1, 0.15) is 6.10 Å². The van der Waals surface area contributed by atoms with E-state index in [1.807, 2.05) is 11.7 Å². The fourth-order valence-corrected chi connectivity index (χ4v) is 8.96. The topological polar surface area (TPSA) is 103 Å². The van der Waals surface area contributed by atoms with Crippen molar-refractivity contribution in [1.29, 1.82) is 0 Å². The van der Waals surface area contributed by atoms with Crippen LogP contribution in [0.2, 0.25) is 0 Å². The first-order valence-electron chi connectivity index (χ1n) is 12.8. The number of carbonyl (C=O) groups is 2. The monoisotopic (exact) mass is 481 g/mol. The number of hydrogen-bond donors (Lipinski definition) is 1. The van der Waals surface area contributed by atoms with Crippen molar-refractivity contribution in [2.45, 2.75) is 77.5 Å². The number of aliphatic hydroxyl groups excluding tert-OH is 1. The predicted molar refractivity (Wildman–Crippen MR) is 128 cm³/mol. The molecule has 1 N–H and O–H groups in total. The van der Waals surface area contributed by atoms with Gasteiger partial charge in [-0.1, -0.05) is 19.4 Å². The number of aliphatic imine (C=N–C) groups is 1. The minimum atomic E-state index is -1.12. The van der Waals surface area contributed by atoms with Crippen molar-refractivity contribution in [2.24, 2.45) is 40.6 Å². The lowest BCUT2D eigenvalue weighted by Crippen LogP contribution is -2.62. The van der Waals surface area contributed by atoms with E-state index < -0.39 is 23.0 Å². The normalized spacial score (nSPS) is 43.0. The number of nitrogens with zero attached hydrogens (tertiary/aromatic N) is 3. The molecule has 8 atom stereocenters. The maximum atomic E-state index is 13.7. The molecular weight excluding hydrogens is 446 g/mol. The maximum Gasteiger partial charge on any atom is 0.303 e. The largest absolute Gasteiger partial charge is 0.475 e. The molecule has 4 aliphatic carbocycles. The van der Waals surface area contributed by atoms with E-state index in [1.54, 1.807) is 6.92 Å². The van der Waals surface area contributed by atoms with Crippen LogP contribution in [0.1, 0.15) is 64.6 Å². The number of fused-ring (bicyclic) bond motifs is 8. The lowest BCUT2D eigenvalue weighted by molar-refractivity contribution is -0.156. The van der Waals surface area contributed by atoms with Crippen molar-refractivity contribution in [3.8, 4) is 0 Å². The minimum Gasteiger partial charge on any atom is -0.475 e. The van der Waals surface area contributed by atoms with Crippen LogP contribution in [-0.2, 0) is 32.5 Å². The number of aromatic nitrogens is 2. The molecule has 1 aliphatic heterocycles. The van der Waals surface area contributed by atoms with Gasteiger partial charge in [-0.05, 0) is 66.9 Å². The molecule has 0 bridgehead atoms. The van der Waals surface area contributed by atoms with E-state index in [1.165, 1.54) is 18.1 Å². The Morgan fingerprint density at radius 2 is 2.11 bits per heavy atom. The number of hydrogen-bond acceptors (Lipinski definition) is 7. The highest BCUT2D eigenvalue weighted by Gasteiger charge is 2.74. The number of ether oxygens (including phenoxy) is 2. The zero-order valence-corrected chi connectivity index (χ0v) is 21.2. The van der Waals surface area contributed by atoms with Crippen molar-refractivity contribution in [3.63, 3.8) is 0 Å². The van der Waals surface area contributed by atoms with Crippen LogP contribution < -0.4 is 0 Å². The summed E-state index contributed by atoms with van der Waals surface area (Å²) < 4.78 is 13.2. The molecule has 6 rings (SSSR count). The van der Waals surface area contributed by atoms with Gasteiger partial charge in [-0.2, -0.15) is 5.10 Å². The molecule has 3 saturated carbocycles. The van der Waals surface area contributed by atoms with Crippen LogP contribution in [0.3, 0.4) is 0 Å². The first kappa shape index (κ1) is 23.0. The first-order chi connectivity index (χ1) is 16.5. The van der Waals surface area contributed by atoms with E-state index in [-0.39, 0.29) is 41.7 Å². The average Bonchev–Trinajstić information content (AvgIpc) is 3.37. The third-order valence-electron chi connectivity index (χ3n) is 10.1. The van der Waals surface area contributed by atoms with Gasteiger partial charge in [0.15, 0.2) is 18.0 Å². The first-order valence-corrected chi connectivity index (χ1v) is 12.8. The minimum absolute atomic E-state index is 0.0958. The molecule has 0 spiro atoms. The summed E-state index contributed by atoms with van der Waals surface area (Å²) in [6, 6.07) is 0. The summed E-state index contributed by atoms with van der Waals surface area (Å²) in [5, 5.41) is 16.5. The molecular formula is C27H35N3O5. The number of ketones is 1. The van der Waals surface area contributed by atoms with Crippen molar-refractivity contribution in [3.05, 3.63) is 23.0 Å². The van der Waals surface area contributed by atoms with Crippen molar-refractivity contribution in [1.82, 2.24) is 9.78 Å². The molecule has 0 saturated heterocycles. The van der Waals surface area contributed by atoms with Gasteiger partial charge in [0.25, 0.3) is 0 Å². The summed E-state index contributed by atoms with van der Waals surface area (Å²) in [4.78, 5) is 30.0. The Labute approximate surface area is 205 Å². The Morgan fingerprint density at radius 3 is 2.86 bits per heavy atom. The molecule has 5 aliphatic rings. The zero-order chi connectivity index (χ0) is 24.9. The summed E-state index contributed by atoms with van der Waals surface area (Å²) in [5.74, 6) is 0.337. The number of aliphatic hydroxyl groups is 1. The van der Waals surface area contributed by atoms with Crippen LogP contribution in [0.4, 0.5) is 0 Å². The average molecular weight is 482 g/mol. The van der Waals surface area contributed by atoms with Crippen LogP contribution >= 0.6 is 0 Å². The Balaban J connectivity index is 1.39. The molecule has 0 radical (unpaired) electrons. The molecule has 0 unspecified atom stereocenters. The second kappa shape index (κ2) is 7.28. The van der Waals surface area contributed by atoms with E-state index in [4.69, 9.17) is 14.5 Å². The van der Waals surface area contributed by atoms with Gasteiger partial charge < -0.3 is 14.6 Å². The summed E-state index contributed by atoms with van der Waals surface area (Å²) in [6.07, 6.45) is 7.41. The number of allylic oxidation sites excluding steroid dienone is 1. The third kappa shape index (κ3) is 2.89. The summed E-state index contributed by atoms with van der Waals surface area (Å²) >= 11 is 0. The molecule has 188 valence electrons. The Hall–Kier alpha value is -2.48. The predicted octanol–water partition coefficient (Wildman–Crippen LogP) is 2.87. The maximum absolute atomic E-state index is 13.7. The highest BCUT2D eigenvalue weighted by molar-refractivity contribution is 5.97. The molecule has 1 aromatic heterocycles. The molecule has 8 nitrogen and oxygen atoms in total. The van der Waals surface area contributed by atoms with Crippen LogP contribution in [0.25, 0.3) is 6.08 Å². The van der Waals surface area contributed by atoms with E-state index in [2.05, 4.69) is 31.2 Å². The van der Waals surface area contributed by atoms with Crippen molar-refractivity contribution >= 4 is 23.7 Å². The molecule has 1 aromatic rings.